The fraction of sp³-hybridized carbons (Fsp3) is 0.188. The molecule has 3 rings (SSSR count). The predicted molar refractivity (Wildman–Crippen MR) is 80.5 cm³/mol. The van der Waals surface area contributed by atoms with E-state index in [1.165, 1.54) is 0 Å². The van der Waals surface area contributed by atoms with Crippen LogP contribution in [-0.2, 0) is 17.8 Å². The molecule has 0 radical (unpaired) electrons. The number of hydrogen-bond acceptors (Lipinski definition) is 3. The van der Waals surface area contributed by atoms with Gasteiger partial charge in [0.05, 0.1) is 12.2 Å². The van der Waals surface area contributed by atoms with Crippen molar-refractivity contribution in [3.8, 4) is 0 Å². The molecule has 112 valence electrons. The molecule has 1 atom stereocenters. The van der Waals surface area contributed by atoms with E-state index in [1.807, 2.05) is 30.3 Å². The van der Waals surface area contributed by atoms with Crippen molar-refractivity contribution in [2.45, 2.75) is 19.0 Å². The Morgan fingerprint density at radius 2 is 2.09 bits per heavy atom. The molecule has 1 unspecified atom stereocenters. The van der Waals surface area contributed by atoms with Crippen molar-refractivity contribution in [3.63, 3.8) is 0 Å². The summed E-state index contributed by atoms with van der Waals surface area (Å²) in [6.45, 7) is 0.397. The molecular formula is C16H15N3O3. The first-order valence-electron chi connectivity index (χ1n) is 6.93. The van der Waals surface area contributed by atoms with Crippen molar-refractivity contribution in [2.24, 2.45) is 0 Å². The fourth-order valence-corrected chi connectivity index (χ4v) is 2.65. The predicted octanol–water partition coefficient (Wildman–Crippen LogP) is 1.81. The molecular weight excluding hydrogens is 282 g/mol. The molecule has 0 bridgehead atoms. The number of fused-ring (bicyclic) bond motifs is 1. The second kappa shape index (κ2) is 5.85. The molecule has 2 N–H and O–H groups in total. The first-order chi connectivity index (χ1) is 10.6. The van der Waals surface area contributed by atoms with Gasteiger partial charge in [0.15, 0.2) is 0 Å². The third-order valence-electron chi connectivity index (χ3n) is 3.64. The van der Waals surface area contributed by atoms with Gasteiger partial charge in [-0.05, 0) is 17.2 Å². The van der Waals surface area contributed by atoms with Crippen molar-refractivity contribution < 1.29 is 14.7 Å². The number of carbonyl (C=O) groups excluding carboxylic acids is 1. The van der Waals surface area contributed by atoms with Crippen LogP contribution in [0, 0.1) is 0 Å². The quantitative estimate of drug-likeness (QED) is 0.905. The third kappa shape index (κ3) is 2.76. The minimum absolute atomic E-state index is 0.245. The number of nitrogens with zero attached hydrogens (tertiary/aromatic N) is 2. The standard InChI is InChI=1S/C16H15N3O3/c20-15-13(18-16(21)22)8-12-9-17-7-6-14(12)19(15)10-11-4-2-1-3-5-11/h1-7,9,13,18H,8,10H2,(H,21,22). The zero-order valence-electron chi connectivity index (χ0n) is 11.8. The normalized spacial score (nSPS) is 17.0. The number of aromatic nitrogens is 1. The molecule has 1 aromatic carbocycles. The number of pyridine rings is 1. The Labute approximate surface area is 127 Å². The van der Waals surface area contributed by atoms with Crippen LogP contribution in [0.15, 0.2) is 48.8 Å². The van der Waals surface area contributed by atoms with Crippen molar-refractivity contribution in [1.82, 2.24) is 10.3 Å². The minimum Gasteiger partial charge on any atom is -0.465 e. The SMILES string of the molecule is O=C(O)NC1Cc2cnccc2N(Cc2ccccc2)C1=O. The largest absolute Gasteiger partial charge is 0.465 e. The smallest absolute Gasteiger partial charge is 0.405 e. The Balaban J connectivity index is 1.94. The molecule has 0 saturated carbocycles. The maximum atomic E-state index is 12.6. The van der Waals surface area contributed by atoms with Crippen LogP contribution in [0.3, 0.4) is 0 Å². The summed E-state index contributed by atoms with van der Waals surface area (Å²) in [7, 11) is 0. The van der Waals surface area contributed by atoms with Gasteiger partial charge < -0.3 is 15.3 Å². The highest BCUT2D eigenvalue weighted by Gasteiger charge is 2.33. The lowest BCUT2D eigenvalue weighted by atomic mass is 9.98. The van der Waals surface area contributed by atoms with Gasteiger partial charge in [-0.2, -0.15) is 0 Å². The minimum atomic E-state index is -1.20. The highest BCUT2D eigenvalue weighted by molar-refractivity contribution is 6.01. The average Bonchev–Trinajstić information content (AvgIpc) is 2.52. The monoisotopic (exact) mass is 297 g/mol. The van der Waals surface area contributed by atoms with E-state index >= 15 is 0 Å². The Bertz CT molecular complexity index is 703. The summed E-state index contributed by atoms with van der Waals surface area (Å²) in [5.41, 5.74) is 2.62. The maximum absolute atomic E-state index is 12.6. The summed E-state index contributed by atoms with van der Waals surface area (Å²) in [5.74, 6) is -0.245. The van der Waals surface area contributed by atoms with Gasteiger partial charge in [-0.3, -0.25) is 9.78 Å². The number of nitrogens with one attached hydrogen (secondary N) is 1. The van der Waals surface area contributed by atoms with Crippen molar-refractivity contribution >= 4 is 17.7 Å². The lowest BCUT2D eigenvalue weighted by Gasteiger charge is -2.33. The lowest BCUT2D eigenvalue weighted by Crippen LogP contribution is -2.52. The summed E-state index contributed by atoms with van der Waals surface area (Å²) in [6, 6.07) is 10.6. The molecule has 2 amide bonds. The van der Waals surface area contributed by atoms with E-state index < -0.39 is 12.1 Å². The molecule has 1 aliphatic rings. The summed E-state index contributed by atoms with van der Waals surface area (Å²) in [6.07, 6.45) is 2.43. The Morgan fingerprint density at radius 1 is 1.32 bits per heavy atom. The van der Waals surface area contributed by atoms with Crippen LogP contribution in [-0.4, -0.2) is 28.1 Å². The molecule has 0 saturated heterocycles. The fourth-order valence-electron chi connectivity index (χ4n) is 2.65. The highest BCUT2D eigenvalue weighted by atomic mass is 16.4. The number of anilines is 1. The highest BCUT2D eigenvalue weighted by Crippen LogP contribution is 2.28. The molecule has 22 heavy (non-hydrogen) atoms. The summed E-state index contributed by atoms with van der Waals surface area (Å²) in [5, 5.41) is 11.2. The van der Waals surface area contributed by atoms with Gasteiger partial charge in [0.2, 0.25) is 5.91 Å². The van der Waals surface area contributed by atoms with E-state index in [4.69, 9.17) is 5.11 Å². The van der Waals surface area contributed by atoms with Gasteiger partial charge in [-0.15, -0.1) is 0 Å². The second-order valence-electron chi connectivity index (χ2n) is 5.12. The van der Waals surface area contributed by atoms with Gasteiger partial charge in [-0.1, -0.05) is 30.3 Å². The van der Waals surface area contributed by atoms with E-state index in [1.54, 1.807) is 23.4 Å². The van der Waals surface area contributed by atoms with Gasteiger partial charge >= 0.3 is 6.09 Å². The second-order valence-corrected chi connectivity index (χ2v) is 5.12. The Hall–Kier alpha value is -2.89. The van der Waals surface area contributed by atoms with Crippen LogP contribution in [0.2, 0.25) is 0 Å². The van der Waals surface area contributed by atoms with Crippen LogP contribution in [0.4, 0.5) is 10.5 Å². The zero-order chi connectivity index (χ0) is 15.5. The van der Waals surface area contributed by atoms with Crippen LogP contribution >= 0.6 is 0 Å². The number of carbonyl (C=O) groups is 2. The molecule has 2 heterocycles. The average molecular weight is 297 g/mol. The van der Waals surface area contributed by atoms with E-state index in [0.717, 1.165) is 16.8 Å². The van der Waals surface area contributed by atoms with Crippen LogP contribution in [0.5, 0.6) is 0 Å². The molecule has 1 aromatic heterocycles. The zero-order valence-corrected chi connectivity index (χ0v) is 11.8. The van der Waals surface area contributed by atoms with E-state index in [2.05, 4.69) is 10.3 Å². The first-order valence-corrected chi connectivity index (χ1v) is 6.93. The molecule has 0 spiro atoms. The summed E-state index contributed by atoms with van der Waals surface area (Å²) in [4.78, 5) is 29.2. The van der Waals surface area contributed by atoms with Crippen molar-refractivity contribution in [1.29, 1.82) is 0 Å². The first kappa shape index (κ1) is 14.1. The van der Waals surface area contributed by atoms with Crippen molar-refractivity contribution in [3.05, 3.63) is 59.9 Å². The molecule has 1 aliphatic heterocycles. The summed E-state index contributed by atoms with van der Waals surface area (Å²) < 4.78 is 0. The number of benzene rings is 1. The topological polar surface area (TPSA) is 82.5 Å². The van der Waals surface area contributed by atoms with E-state index in [0.29, 0.717) is 13.0 Å². The maximum Gasteiger partial charge on any atom is 0.405 e. The van der Waals surface area contributed by atoms with Gasteiger partial charge in [0.1, 0.15) is 6.04 Å². The number of carboxylic acid groups (broad SMARTS) is 1. The lowest BCUT2D eigenvalue weighted by molar-refractivity contribution is -0.121. The van der Waals surface area contributed by atoms with Crippen LogP contribution < -0.4 is 10.2 Å². The molecule has 0 aliphatic carbocycles. The molecule has 2 aromatic rings. The number of amides is 2. The third-order valence-corrected chi connectivity index (χ3v) is 3.64. The van der Waals surface area contributed by atoms with Crippen LogP contribution in [0.25, 0.3) is 0 Å². The Morgan fingerprint density at radius 3 is 2.82 bits per heavy atom. The molecule has 0 fully saturated rings. The van der Waals surface area contributed by atoms with Gasteiger partial charge in [-0.25, -0.2) is 4.79 Å². The van der Waals surface area contributed by atoms with E-state index in [9.17, 15) is 9.59 Å². The summed E-state index contributed by atoms with van der Waals surface area (Å²) >= 11 is 0. The van der Waals surface area contributed by atoms with Gasteiger partial charge in [0, 0.05) is 18.8 Å². The number of hydrogen-bond donors (Lipinski definition) is 2. The molecule has 6 heteroatoms. The van der Waals surface area contributed by atoms with Gasteiger partial charge in [0.25, 0.3) is 0 Å². The molecule has 6 nitrogen and oxygen atoms in total. The van der Waals surface area contributed by atoms with Crippen molar-refractivity contribution in [2.75, 3.05) is 4.90 Å². The van der Waals surface area contributed by atoms with E-state index in [-0.39, 0.29) is 5.91 Å². The van der Waals surface area contributed by atoms with Crippen LogP contribution in [0.1, 0.15) is 11.1 Å². The number of rotatable bonds is 3. The Kier molecular flexibility index (Phi) is 3.74.